The van der Waals surface area contributed by atoms with Crippen LogP contribution in [0.25, 0.3) is 0 Å². The Balaban J connectivity index is 5.31. The molecule has 0 amide bonds. The van der Waals surface area contributed by atoms with Crippen LogP contribution >= 0.6 is 22.6 Å². The number of unbranched alkanes of at least 4 members (excludes halogenated alkanes) is 7. The molecule has 0 aliphatic heterocycles. The van der Waals surface area contributed by atoms with Crippen LogP contribution < -0.4 is 0 Å². The summed E-state index contributed by atoms with van der Waals surface area (Å²) in [6.45, 7) is 2.32. The van der Waals surface area contributed by atoms with E-state index in [1.54, 1.807) is 0 Å². The van der Waals surface area contributed by atoms with Crippen molar-refractivity contribution in [1.29, 1.82) is 0 Å². The zero-order valence-electron chi connectivity index (χ0n) is 16.6. The molecule has 12 heteroatoms. The largest absolute Gasteiger partial charge is 0.460 e. The van der Waals surface area contributed by atoms with E-state index in [0.717, 1.165) is 32.1 Å². The molecule has 0 heterocycles. The molecule has 0 nitrogen and oxygen atoms in total. The number of alkyl halides is 12. The minimum Gasteiger partial charge on any atom is -0.226 e. The monoisotopic (exact) mass is 578 g/mol. The van der Waals surface area contributed by atoms with Crippen molar-refractivity contribution in [2.45, 2.75) is 105 Å². The second-order valence-electron chi connectivity index (χ2n) is 7.42. The number of hydrogen-bond acceptors (Lipinski definition) is 0. The van der Waals surface area contributed by atoms with Gasteiger partial charge in [-0.15, -0.1) is 0 Å². The molecule has 0 aromatic carbocycles. The average Bonchev–Trinajstić information content (AvgIpc) is 2.60. The van der Waals surface area contributed by atoms with Crippen LogP contribution in [0.1, 0.15) is 71.6 Å². The fourth-order valence-corrected chi connectivity index (χ4v) is 4.04. The fraction of sp³-hybridized carbons (Fsp3) is 1.00. The highest BCUT2D eigenvalue weighted by molar-refractivity contribution is 14.1. The lowest BCUT2D eigenvalue weighted by atomic mass is 9.78. The highest BCUT2D eigenvalue weighted by atomic mass is 127. The van der Waals surface area contributed by atoms with Crippen molar-refractivity contribution < 1.29 is 48.3 Å². The lowest BCUT2D eigenvalue weighted by Gasteiger charge is -2.43. The van der Waals surface area contributed by atoms with Crippen LogP contribution in [-0.2, 0) is 0 Å². The molecular weight excluding hydrogens is 552 g/mol. The highest BCUT2D eigenvalue weighted by Gasteiger charge is 2.87. The first kappa shape index (κ1) is 30.0. The van der Waals surface area contributed by atoms with Gasteiger partial charge in [0.1, 0.15) is 0 Å². The third-order valence-corrected chi connectivity index (χ3v) is 6.82. The van der Waals surface area contributed by atoms with Gasteiger partial charge in [-0.25, -0.2) is 4.39 Å². The van der Waals surface area contributed by atoms with Crippen molar-refractivity contribution in [3.8, 4) is 0 Å². The summed E-state index contributed by atoms with van der Waals surface area (Å²) in [4.78, 5) is 0. The smallest absolute Gasteiger partial charge is 0.226 e. The maximum absolute atomic E-state index is 14.6. The first-order valence-electron chi connectivity index (χ1n) is 9.61. The van der Waals surface area contributed by atoms with E-state index >= 15 is 0 Å². The molecule has 3 atom stereocenters. The van der Waals surface area contributed by atoms with Gasteiger partial charge in [-0.1, -0.05) is 87.8 Å². The lowest BCUT2D eigenvalue weighted by Crippen LogP contribution is -2.70. The van der Waals surface area contributed by atoms with Gasteiger partial charge in [-0.2, -0.15) is 43.9 Å². The van der Waals surface area contributed by atoms with Gasteiger partial charge in [0, 0.05) is 9.84 Å². The standard InChI is InChI=1S/C18H26F11I/c1-3-4-5-6-7-8-9-10-11-13(30)12(2)14(19,17(24,25)26)15(20,21)16(22,23)18(27,28)29/h12-13H,3-11H2,1-2H3. The second kappa shape index (κ2) is 11.2. The third-order valence-electron chi connectivity index (χ3n) is 5.12. The van der Waals surface area contributed by atoms with Gasteiger partial charge in [-0.3, -0.25) is 0 Å². The van der Waals surface area contributed by atoms with Crippen LogP contribution in [0.2, 0.25) is 0 Å². The summed E-state index contributed by atoms with van der Waals surface area (Å²) in [6.07, 6.45) is -7.64. The maximum atomic E-state index is 14.6. The van der Waals surface area contributed by atoms with Gasteiger partial charge in [0.25, 0.3) is 5.67 Å². The van der Waals surface area contributed by atoms with E-state index in [4.69, 9.17) is 0 Å². The zero-order chi connectivity index (χ0) is 24.0. The van der Waals surface area contributed by atoms with Crippen LogP contribution in [0.5, 0.6) is 0 Å². The summed E-state index contributed by atoms with van der Waals surface area (Å²) in [6, 6.07) is 0. The molecule has 0 saturated heterocycles. The Hall–Kier alpha value is -0.0400. The molecule has 182 valence electrons. The van der Waals surface area contributed by atoms with Crippen LogP contribution in [0.15, 0.2) is 0 Å². The van der Waals surface area contributed by atoms with Crippen LogP contribution in [0, 0.1) is 5.92 Å². The molecule has 30 heavy (non-hydrogen) atoms. The van der Waals surface area contributed by atoms with Gasteiger partial charge in [0.05, 0.1) is 0 Å². The van der Waals surface area contributed by atoms with Gasteiger partial charge in [0.15, 0.2) is 0 Å². The molecule has 0 bridgehead atoms. The molecule has 0 fully saturated rings. The lowest BCUT2D eigenvalue weighted by molar-refractivity contribution is -0.418. The zero-order valence-corrected chi connectivity index (χ0v) is 18.7. The second-order valence-corrected chi connectivity index (χ2v) is 9.02. The van der Waals surface area contributed by atoms with Crippen molar-refractivity contribution in [3.63, 3.8) is 0 Å². The van der Waals surface area contributed by atoms with Gasteiger partial charge in [-0.05, 0) is 6.42 Å². The first-order chi connectivity index (χ1) is 13.4. The molecule has 3 unspecified atom stereocenters. The summed E-state index contributed by atoms with van der Waals surface area (Å²) in [7, 11) is 0. The molecule has 0 aromatic rings. The Bertz CT molecular complexity index is 501. The molecule has 0 N–H and O–H groups in total. The minimum atomic E-state index is -7.20. The summed E-state index contributed by atoms with van der Waals surface area (Å²) in [5.74, 6) is -17.1. The normalized spacial score (nSPS) is 18.2. The Morgan fingerprint density at radius 1 is 0.600 bits per heavy atom. The van der Waals surface area contributed by atoms with Crippen LogP contribution in [-0.4, -0.2) is 33.8 Å². The molecule has 0 rings (SSSR count). The van der Waals surface area contributed by atoms with E-state index in [2.05, 4.69) is 0 Å². The van der Waals surface area contributed by atoms with E-state index in [1.807, 2.05) is 6.92 Å². The Labute approximate surface area is 182 Å². The predicted octanol–water partition coefficient (Wildman–Crippen LogP) is 9.06. The van der Waals surface area contributed by atoms with Crippen molar-refractivity contribution in [1.82, 2.24) is 0 Å². The van der Waals surface area contributed by atoms with Crippen LogP contribution in [0.3, 0.4) is 0 Å². The minimum absolute atomic E-state index is 0.209. The highest BCUT2D eigenvalue weighted by Crippen LogP contribution is 2.60. The summed E-state index contributed by atoms with van der Waals surface area (Å²) >= 11 is 1.20. The van der Waals surface area contributed by atoms with E-state index in [0.29, 0.717) is 12.8 Å². The van der Waals surface area contributed by atoms with E-state index < -0.39 is 39.7 Å². The van der Waals surface area contributed by atoms with E-state index in [1.165, 1.54) is 22.6 Å². The van der Waals surface area contributed by atoms with E-state index in [9.17, 15) is 48.3 Å². The molecule has 0 aliphatic rings. The molecule has 0 radical (unpaired) electrons. The van der Waals surface area contributed by atoms with Gasteiger partial charge < -0.3 is 0 Å². The number of rotatable bonds is 13. The molecule has 0 aliphatic carbocycles. The summed E-state index contributed by atoms with van der Waals surface area (Å²) in [5.41, 5.74) is -6.06. The van der Waals surface area contributed by atoms with Crippen molar-refractivity contribution in [2.24, 2.45) is 5.92 Å². The average molecular weight is 578 g/mol. The Morgan fingerprint density at radius 3 is 1.37 bits per heavy atom. The molecule has 0 saturated carbocycles. The summed E-state index contributed by atoms with van der Waals surface area (Å²) < 4.78 is 144. The SMILES string of the molecule is CCCCCCCCCCC(I)C(C)C(F)(C(F)(F)F)C(F)(F)C(F)(F)C(F)(F)F. The topological polar surface area (TPSA) is 0 Å². The first-order valence-corrected chi connectivity index (χ1v) is 10.9. The predicted molar refractivity (Wildman–Crippen MR) is 100 cm³/mol. The Kier molecular flexibility index (Phi) is 11.2. The number of halogens is 12. The van der Waals surface area contributed by atoms with E-state index in [-0.39, 0.29) is 19.8 Å². The Morgan fingerprint density at radius 2 is 1.00 bits per heavy atom. The molecular formula is C18H26F11I. The van der Waals surface area contributed by atoms with Crippen molar-refractivity contribution >= 4 is 22.6 Å². The summed E-state index contributed by atoms with van der Waals surface area (Å²) in [5, 5.41) is 0. The fourth-order valence-electron chi connectivity index (χ4n) is 3.10. The van der Waals surface area contributed by atoms with Crippen molar-refractivity contribution in [2.75, 3.05) is 0 Å². The maximum Gasteiger partial charge on any atom is 0.460 e. The van der Waals surface area contributed by atoms with Gasteiger partial charge in [0.2, 0.25) is 0 Å². The van der Waals surface area contributed by atoms with Crippen LogP contribution in [0.4, 0.5) is 48.3 Å². The third kappa shape index (κ3) is 6.49. The quantitative estimate of drug-likeness (QED) is 0.0886. The molecule has 0 spiro atoms. The molecule has 0 aromatic heterocycles. The van der Waals surface area contributed by atoms with Gasteiger partial charge >= 0.3 is 24.2 Å². The number of hydrogen-bond donors (Lipinski definition) is 0. The van der Waals surface area contributed by atoms with Crippen molar-refractivity contribution in [3.05, 3.63) is 0 Å².